The Balaban J connectivity index is 1.97. The zero-order chi connectivity index (χ0) is 14.0. The molecule has 0 bridgehead atoms. The van der Waals surface area contributed by atoms with Crippen LogP contribution in [0, 0.1) is 13.8 Å². The molecule has 1 saturated carbocycles. The van der Waals surface area contributed by atoms with Crippen LogP contribution >= 0.6 is 0 Å². The molecule has 1 N–H and O–H groups in total. The molecule has 0 unspecified atom stereocenters. The predicted molar refractivity (Wildman–Crippen MR) is 72.0 cm³/mol. The summed E-state index contributed by atoms with van der Waals surface area (Å²) >= 11 is 0. The van der Waals surface area contributed by atoms with Gasteiger partial charge in [-0.25, -0.2) is 4.79 Å². The van der Waals surface area contributed by atoms with E-state index in [1.807, 2.05) is 19.9 Å². The highest BCUT2D eigenvalue weighted by Crippen LogP contribution is 2.19. The summed E-state index contributed by atoms with van der Waals surface area (Å²) in [5.74, 6) is -0.675. The Labute approximate surface area is 113 Å². The molecule has 1 amide bonds. The summed E-state index contributed by atoms with van der Waals surface area (Å²) in [6.07, 6.45) is 1.28. The van der Waals surface area contributed by atoms with Gasteiger partial charge in [-0.2, -0.15) is 0 Å². The maximum atomic E-state index is 12.0. The van der Waals surface area contributed by atoms with Crippen molar-refractivity contribution in [2.24, 2.45) is 0 Å². The molecule has 0 spiro atoms. The number of hydrogen-bond donors (Lipinski definition) is 1. The van der Waals surface area contributed by atoms with Crippen LogP contribution in [0.3, 0.4) is 0 Å². The van der Waals surface area contributed by atoms with E-state index in [1.165, 1.54) is 0 Å². The Morgan fingerprint density at radius 1 is 1.21 bits per heavy atom. The lowest BCUT2D eigenvalue weighted by Gasteiger charge is -2.13. The van der Waals surface area contributed by atoms with Crippen LogP contribution in [0.2, 0.25) is 0 Å². The second kappa shape index (κ2) is 5.43. The molecule has 1 fully saturated rings. The molecule has 1 aliphatic carbocycles. The molecule has 1 aliphatic rings. The molecule has 19 heavy (non-hydrogen) atoms. The van der Waals surface area contributed by atoms with Gasteiger partial charge >= 0.3 is 5.97 Å². The average Bonchev–Trinajstić information content (AvgIpc) is 3.11. The summed E-state index contributed by atoms with van der Waals surface area (Å²) in [6.45, 7) is 5.44. The first-order valence-corrected chi connectivity index (χ1v) is 6.55. The van der Waals surface area contributed by atoms with E-state index in [9.17, 15) is 9.59 Å². The topological polar surface area (TPSA) is 55.4 Å². The quantitative estimate of drug-likeness (QED) is 0.845. The molecule has 4 heteroatoms. The summed E-state index contributed by atoms with van der Waals surface area (Å²) in [5.41, 5.74) is 2.49. The number of ether oxygens (including phenoxy) is 1. The molecule has 0 radical (unpaired) electrons. The van der Waals surface area contributed by atoms with Gasteiger partial charge in [-0.05, 0) is 45.7 Å². The van der Waals surface area contributed by atoms with Gasteiger partial charge in [-0.3, -0.25) is 4.79 Å². The monoisotopic (exact) mass is 261 g/mol. The number of hydrogen-bond acceptors (Lipinski definition) is 3. The summed E-state index contributed by atoms with van der Waals surface area (Å²) < 4.78 is 5.19. The van der Waals surface area contributed by atoms with Crippen molar-refractivity contribution in [1.29, 1.82) is 0 Å². The summed E-state index contributed by atoms with van der Waals surface area (Å²) in [7, 11) is 0. The van der Waals surface area contributed by atoms with Crippen molar-refractivity contribution in [3.63, 3.8) is 0 Å². The predicted octanol–water partition coefficient (Wildman–Crippen LogP) is 2.13. The standard InChI is InChI=1S/C15H19NO3/c1-9-6-10(2)8-12(7-9)15(18)19-11(3)14(17)16-13-4-5-13/h6-8,11,13H,4-5H2,1-3H3,(H,16,17)/t11-/m0/s1. The van der Waals surface area contributed by atoms with Gasteiger partial charge in [0, 0.05) is 6.04 Å². The van der Waals surface area contributed by atoms with Crippen LogP contribution < -0.4 is 5.32 Å². The largest absolute Gasteiger partial charge is 0.449 e. The first kappa shape index (κ1) is 13.6. The van der Waals surface area contributed by atoms with Crippen molar-refractivity contribution in [1.82, 2.24) is 5.32 Å². The molecule has 0 heterocycles. The molecule has 1 aromatic rings. The van der Waals surface area contributed by atoms with Crippen LogP contribution in [0.4, 0.5) is 0 Å². The molecular weight excluding hydrogens is 242 g/mol. The molecule has 1 aromatic carbocycles. The van der Waals surface area contributed by atoms with E-state index < -0.39 is 12.1 Å². The number of nitrogens with one attached hydrogen (secondary N) is 1. The van der Waals surface area contributed by atoms with Gasteiger partial charge < -0.3 is 10.1 Å². The Morgan fingerprint density at radius 3 is 2.32 bits per heavy atom. The maximum absolute atomic E-state index is 12.0. The summed E-state index contributed by atoms with van der Waals surface area (Å²) in [6, 6.07) is 5.79. The lowest BCUT2D eigenvalue weighted by atomic mass is 10.1. The highest BCUT2D eigenvalue weighted by atomic mass is 16.5. The highest BCUT2D eigenvalue weighted by molar-refractivity contribution is 5.92. The van der Waals surface area contributed by atoms with Gasteiger partial charge in [-0.1, -0.05) is 17.2 Å². The number of benzene rings is 1. The lowest BCUT2D eigenvalue weighted by Crippen LogP contribution is -2.37. The van der Waals surface area contributed by atoms with Crippen molar-refractivity contribution in [2.75, 3.05) is 0 Å². The lowest BCUT2D eigenvalue weighted by molar-refractivity contribution is -0.129. The van der Waals surface area contributed by atoms with Crippen molar-refractivity contribution in [3.05, 3.63) is 34.9 Å². The Morgan fingerprint density at radius 2 is 1.79 bits per heavy atom. The maximum Gasteiger partial charge on any atom is 0.338 e. The Kier molecular flexibility index (Phi) is 3.88. The third kappa shape index (κ3) is 3.81. The Hall–Kier alpha value is -1.84. The van der Waals surface area contributed by atoms with Gasteiger partial charge in [-0.15, -0.1) is 0 Å². The van der Waals surface area contributed by atoms with Crippen LogP contribution in [0.15, 0.2) is 18.2 Å². The van der Waals surface area contributed by atoms with E-state index in [4.69, 9.17) is 4.74 Å². The first-order valence-electron chi connectivity index (χ1n) is 6.55. The smallest absolute Gasteiger partial charge is 0.338 e. The van der Waals surface area contributed by atoms with Crippen LogP contribution in [0.25, 0.3) is 0 Å². The minimum Gasteiger partial charge on any atom is -0.449 e. The van der Waals surface area contributed by atoms with E-state index in [2.05, 4.69) is 5.32 Å². The van der Waals surface area contributed by atoms with E-state index in [1.54, 1.807) is 19.1 Å². The fourth-order valence-corrected chi connectivity index (χ4v) is 1.92. The molecule has 102 valence electrons. The normalized spacial score (nSPS) is 15.7. The van der Waals surface area contributed by atoms with Crippen molar-refractivity contribution >= 4 is 11.9 Å². The first-order chi connectivity index (χ1) is 8.95. The fourth-order valence-electron chi connectivity index (χ4n) is 1.92. The third-order valence-corrected chi connectivity index (χ3v) is 3.03. The zero-order valence-corrected chi connectivity index (χ0v) is 11.5. The van der Waals surface area contributed by atoms with E-state index in [0.29, 0.717) is 5.56 Å². The zero-order valence-electron chi connectivity index (χ0n) is 11.5. The second-order valence-corrected chi connectivity index (χ2v) is 5.21. The third-order valence-electron chi connectivity index (χ3n) is 3.03. The second-order valence-electron chi connectivity index (χ2n) is 5.21. The number of esters is 1. The number of carbonyl (C=O) groups is 2. The van der Waals surface area contributed by atoms with Crippen LogP contribution in [-0.2, 0) is 9.53 Å². The summed E-state index contributed by atoms with van der Waals surface area (Å²) in [5, 5.41) is 2.82. The van der Waals surface area contributed by atoms with Gasteiger partial charge in [0.05, 0.1) is 5.56 Å². The molecule has 0 saturated heterocycles. The highest BCUT2D eigenvalue weighted by Gasteiger charge is 2.27. The summed E-state index contributed by atoms with van der Waals surface area (Å²) in [4.78, 5) is 23.7. The van der Waals surface area contributed by atoms with E-state index in [0.717, 1.165) is 24.0 Å². The minimum atomic E-state index is -0.756. The SMILES string of the molecule is Cc1cc(C)cc(C(=O)O[C@@H](C)C(=O)NC2CC2)c1. The van der Waals surface area contributed by atoms with Crippen LogP contribution in [-0.4, -0.2) is 24.0 Å². The van der Waals surface area contributed by atoms with Gasteiger partial charge in [0.25, 0.3) is 5.91 Å². The number of amides is 1. The molecular formula is C15H19NO3. The van der Waals surface area contributed by atoms with Crippen molar-refractivity contribution in [3.8, 4) is 0 Å². The number of aryl methyl sites for hydroxylation is 2. The molecule has 1 atom stereocenters. The van der Waals surface area contributed by atoms with E-state index in [-0.39, 0.29) is 11.9 Å². The van der Waals surface area contributed by atoms with E-state index >= 15 is 0 Å². The molecule has 2 rings (SSSR count). The number of rotatable bonds is 4. The van der Waals surface area contributed by atoms with Gasteiger partial charge in [0.1, 0.15) is 0 Å². The molecule has 4 nitrogen and oxygen atoms in total. The van der Waals surface area contributed by atoms with Gasteiger partial charge in [0.15, 0.2) is 6.10 Å². The number of carbonyl (C=O) groups excluding carboxylic acids is 2. The van der Waals surface area contributed by atoms with Crippen molar-refractivity contribution < 1.29 is 14.3 Å². The molecule has 0 aromatic heterocycles. The molecule has 0 aliphatic heterocycles. The average molecular weight is 261 g/mol. The van der Waals surface area contributed by atoms with Gasteiger partial charge in [0.2, 0.25) is 0 Å². The minimum absolute atomic E-state index is 0.222. The fraction of sp³-hybridized carbons (Fsp3) is 0.467. The van der Waals surface area contributed by atoms with Crippen LogP contribution in [0.1, 0.15) is 41.3 Å². The van der Waals surface area contributed by atoms with Crippen LogP contribution in [0.5, 0.6) is 0 Å². The Bertz CT molecular complexity index is 486. The van der Waals surface area contributed by atoms with Crippen molar-refractivity contribution in [2.45, 2.75) is 45.8 Å².